The maximum Gasteiger partial charge on any atom is 0.341 e. The fourth-order valence-corrected chi connectivity index (χ4v) is 3.43. The zero-order valence-electron chi connectivity index (χ0n) is 12.3. The van der Waals surface area contributed by atoms with Gasteiger partial charge in [-0.05, 0) is 25.8 Å². The van der Waals surface area contributed by atoms with Crippen LogP contribution < -0.4 is 5.43 Å². The Morgan fingerprint density at radius 1 is 1.45 bits per heavy atom. The summed E-state index contributed by atoms with van der Waals surface area (Å²) < 4.78 is 3.79. The molecular formula is C16H15N3O3. The third kappa shape index (κ3) is 1.52. The summed E-state index contributed by atoms with van der Waals surface area (Å²) in [5.41, 5.74) is 3.05. The summed E-state index contributed by atoms with van der Waals surface area (Å²) in [5.74, 6) is -1.18. The summed E-state index contributed by atoms with van der Waals surface area (Å²) in [4.78, 5) is 28.4. The molecule has 3 heterocycles. The second-order valence-corrected chi connectivity index (χ2v) is 5.95. The molecule has 0 aliphatic carbocycles. The number of carboxylic acids is 1. The predicted octanol–water partition coefficient (Wildman–Crippen LogP) is 2.09. The summed E-state index contributed by atoms with van der Waals surface area (Å²) in [6.07, 6.45) is 4.96. The van der Waals surface area contributed by atoms with Crippen molar-refractivity contribution in [3.8, 4) is 0 Å². The van der Waals surface area contributed by atoms with E-state index in [0.717, 1.165) is 35.0 Å². The average Bonchev–Trinajstić information content (AvgIpc) is 2.85. The van der Waals surface area contributed by atoms with Crippen molar-refractivity contribution < 1.29 is 9.90 Å². The molecule has 22 heavy (non-hydrogen) atoms. The Bertz CT molecular complexity index is 1010. The highest BCUT2D eigenvalue weighted by atomic mass is 16.4. The van der Waals surface area contributed by atoms with Crippen LogP contribution in [0.4, 0.5) is 0 Å². The highest BCUT2D eigenvalue weighted by Crippen LogP contribution is 2.34. The highest BCUT2D eigenvalue weighted by Gasteiger charge is 2.25. The van der Waals surface area contributed by atoms with Crippen LogP contribution in [0.3, 0.4) is 0 Å². The van der Waals surface area contributed by atoms with E-state index in [-0.39, 0.29) is 11.6 Å². The fourth-order valence-electron chi connectivity index (χ4n) is 3.43. The van der Waals surface area contributed by atoms with Crippen LogP contribution >= 0.6 is 0 Å². The van der Waals surface area contributed by atoms with Crippen LogP contribution in [-0.4, -0.2) is 25.2 Å². The van der Waals surface area contributed by atoms with Crippen LogP contribution in [0.2, 0.25) is 0 Å². The zero-order chi connectivity index (χ0) is 15.6. The van der Waals surface area contributed by atoms with Gasteiger partial charge in [-0.2, -0.15) is 0 Å². The Morgan fingerprint density at radius 3 is 2.95 bits per heavy atom. The number of fused-ring (bicyclic) bond motifs is 2. The molecule has 1 unspecified atom stereocenters. The number of imidazole rings is 1. The number of rotatable bonds is 1. The average molecular weight is 297 g/mol. The van der Waals surface area contributed by atoms with Crippen LogP contribution in [0.1, 0.15) is 35.3 Å². The first-order valence-corrected chi connectivity index (χ1v) is 7.24. The van der Waals surface area contributed by atoms with E-state index in [9.17, 15) is 14.7 Å². The lowest BCUT2D eigenvalue weighted by Gasteiger charge is -2.26. The van der Waals surface area contributed by atoms with Gasteiger partial charge in [-0.1, -0.05) is 0 Å². The molecule has 0 amide bonds. The standard InChI is InChI=1S/C16H15N3O3/c1-8-3-4-9-13-12(18(2)7-17-13)5-10-14(9)19(8)6-11(15(10)20)16(21)22/h5-8H,3-4H2,1-2H3,(H,21,22). The molecule has 3 aromatic rings. The summed E-state index contributed by atoms with van der Waals surface area (Å²) in [6, 6.07) is 1.93. The molecule has 6 nitrogen and oxygen atoms in total. The molecule has 0 saturated heterocycles. The van der Waals surface area contributed by atoms with Crippen molar-refractivity contribution in [3.05, 3.63) is 39.9 Å². The number of nitrogens with zero attached hydrogens (tertiary/aromatic N) is 3. The number of pyridine rings is 1. The molecule has 1 aliphatic rings. The molecule has 1 atom stereocenters. The minimum atomic E-state index is -1.18. The molecule has 1 aliphatic heterocycles. The first kappa shape index (κ1) is 13.1. The maximum atomic E-state index is 12.6. The Kier molecular flexibility index (Phi) is 2.49. The number of hydrogen-bond acceptors (Lipinski definition) is 3. The van der Waals surface area contributed by atoms with Gasteiger partial charge in [0.15, 0.2) is 0 Å². The first-order chi connectivity index (χ1) is 10.5. The topological polar surface area (TPSA) is 77.1 Å². The van der Waals surface area contributed by atoms with E-state index in [0.29, 0.717) is 5.39 Å². The van der Waals surface area contributed by atoms with E-state index in [4.69, 9.17) is 0 Å². The largest absolute Gasteiger partial charge is 0.477 e. The molecule has 0 spiro atoms. The van der Waals surface area contributed by atoms with Crippen LogP contribution in [0.25, 0.3) is 21.9 Å². The third-order valence-electron chi connectivity index (χ3n) is 4.62. The predicted molar refractivity (Wildman–Crippen MR) is 82.5 cm³/mol. The van der Waals surface area contributed by atoms with E-state index >= 15 is 0 Å². The Labute approximate surface area is 125 Å². The van der Waals surface area contributed by atoms with Gasteiger partial charge in [-0.25, -0.2) is 9.78 Å². The lowest BCUT2D eigenvalue weighted by Crippen LogP contribution is -2.24. The number of aryl methyl sites for hydroxylation is 2. The number of carboxylic acid groups (broad SMARTS) is 1. The summed E-state index contributed by atoms with van der Waals surface area (Å²) in [7, 11) is 1.87. The van der Waals surface area contributed by atoms with Crippen molar-refractivity contribution in [1.82, 2.24) is 14.1 Å². The second kappa shape index (κ2) is 4.19. The van der Waals surface area contributed by atoms with Crippen molar-refractivity contribution in [2.75, 3.05) is 0 Å². The molecule has 0 fully saturated rings. The smallest absolute Gasteiger partial charge is 0.341 e. The molecule has 0 saturated carbocycles. The molecule has 0 bridgehead atoms. The normalized spacial score (nSPS) is 17.3. The minimum absolute atomic E-state index is 0.162. The second-order valence-electron chi connectivity index (χ2n) is 5.95. The Balaban J connectivity index is 2.30. The molecule has 6 heteroatoms. The van der Waals surface area contributed by atoms with Crippen molar-refractivity contribution in [2.24, 2.45) is 7.05 Å². The van der Waals surface area contributed by atoms with Gasteiger partial charge in [-0.15, -0.1) is 0 Å². The van der Waals surface area contributed by atoms with Gasteiger partial charge in [0.1, 0.15) is 5.56 Å². The first-order valence-electron chi connectivity index (χ1n) is 7.24. The van der Waals surface area contributed by atoms with Gasteiger partial charge in [0.2, 0.25) is 5.43 Å². The monoisotopic (exact) mass is 297 g/mol. The minimum Gasteiger partial charge on any atom is -0.477 e. The fraction of sp³-hybridized carbons (Fsp3) is 0.312. The quantitative estimate of drug-likeness (QED) is 0.746. The Morgan fingerprint density at radius 2 is 2.23 bits per heavy atom. The van der Waals surface area contributed by atoms with Gasteiger partial charge in [0, 0.05) is 30.2 Å². The van der Waals surface area contributed by atoms with E-state index < -0.39 is 11.4 Å². The van der Waals surface area contributed by atoms with E-state index in [1.807, 2.05) is 23.1 Å². The third-order valence-corrected chi connectivity index (χ3v) is 4.62. The van der Waals surface area contributed by atoms with E-state index in [2.05, 4.69) is 4.98 Å². The number of aromatic carboxylic acids is 1. The van der Waals surface area contributed by atoms with Crippen LogP contribution in [0.15, 0.2) is 23.4 Å². The van der Waals surface area contributed by atoms with Gasteiger partial charge in [-0.3, -0.25) is 4.79 Å². The van der Waals surface area contributed by atoms with Gasteiger partial charge >= 0.3 is 5.97 Å². The summed E-state index contributed by atoms with van der Waals surface area (Å²) >= 11 is 0. The molecule has 2 aromatic heterocycles. The van der Waals surface area contributed by atoms with Crippen LogP contribution in [-0.2, 0) is 13.5 Å². The van der Waals surface area contributed by atoms with E-state index in [1.165, 1.54) is 6.20 Å². The van der Waals surface area contributed by atoms with Crippen molar-refractivity contribution in [1.29, 1.82) is 0 Å². The number of aromatic nitrogens is 3. The van der Waals surface area contributed by atoms with Gasteiger partial charge in [0.05, 0.1) is 22.9 Å². The molecule has 1 N–H and O–H groups in total. The van der Waals surface area contributed by atoms with Crippen molar-refractivity contribution in [2.45, 2.75) is 25.8 Å². The Hall–Kier alpha value is -2.63. The molecule has 0 radical (unpaired) electrons. The van der Waals surface area contributed by atoms with E-state index in [1.54, 1.807) is 12.4 Å². The SMILES string of the molecule is CC1CCc2c3ncn(C)c3cc3c(=O)c(C(=O)O)cn1c23. The number of carbonyl (C=O) groups is 1. The summed E-state index contributed by atoms with van der Waals surface area (Å²) in [5, 5.41) is 9.79. The summed E-state index contributed by atoms with van der Waals surface area (Å²) in [6.45, 7) is 2.04. The zero-order valence-corrected chi connectivity index (χ0v) is 12.3. The molecular weight excluding hydrogens is 282 g/mol. The molecule has 112 valence electrons. The molecule has 1 aromatic carbocycles. The molecule has 4 rings (SSSR count). The number of hydrogen-bond donors (Lipinski definition) is 1. The van der Waals surface area contributed by atoms with Gasteiger partial charge < -0.3 is 14.2 Å². The van der Waals surface area contributed by atoms with Crippen LogP contribution in [0.5, 0.6) is 0 Å². The maximum absolute atomic E-state index is 12.6. The highest BCUT2D eigenvalue weighted by molar-refractivity contribution is 6.01. The lowest BCUT2D eigenvalue weighted by molar-refractivity contribution is 0.0694. The van der Waals surface area contributed by atoms with Gasteiger partial charge in [0.25, 0.3) is 0 Å². The number of benzene rings is 1. The van der Waals surface area contributed by atoms with Crippen molar-refractivity contribution in [3.63, 3.8) is 0 Å². The lowest BCUT2D eigenvalue weighted by atomic mass is 9.94. The van der Waals surface area contributed by atoms with Crippen LogP contribution in [0, 0.1) is 0 Å². The van der Waals surface area contributed by atoms with Crippen molar-refractivity contribution >= 4 is 27.9 Å².